The van der Waals surface area contributed by atoms with Crippen LogP contribution < -0.4 is 5.32 Å². The minimum Gasteiger partial charge on any atom is -0.349 e. The Bertz CT molecular complexity index is 455. The summed E-state index contributed by atoms with van der Waals surface area (Å²) in [7, 11) is 0. The Morgan fingerprint density at radius 2 is 2.00 bits per heavy atom. The number of ketones is 1. The topological polar surface area (TPSA) is 46.2 Å². The first-order valence-corrected chi connectivity index (χ1v) is 6.96. The smallest absolute Gasteiger partial charge is 0.223 e. The van der Waals surface area contributed by atoms with Crippen LogP contribution in [0.1, 0.15) is 44.7 Å². The van der Waals surface area contributed by atoms with E-state index in [-0.39, 0.29) is 23.8 Å². The lowest BCUT2D eigenvalue weighted by molar-refractivity contribution is -0.131. The number of nitrogens with one attached hydrogen (secondary N) is 1. The minimum atomic E-state index is -0.0149. The third-order valence-electron chi connectivity index (χ3n) is 3.96. The van der Waals surface area contributed by atoms with Gasteiger partial charge in [0, 0.05) is 18.3 Å². The van der Waals surface area contributed by atoms with Crippen molar-refractivity contribution in [2.75, 3.05) is 0 Å². The Labute approximate surface area is 114 Å². The number of hydrogen-bond donors (Lipinski definition) is 1. The van der Waals surface area contributed by atoms with Crippen LogP contribution in [0.4, 0.5) is 0 Å². The molecule has 0 spiro atoms. The molecule has 3 heteroatoms. The Morgan fingerprint density at radius 3 is 2.63 bits per heavy atom. The highest BCUT2D eigenvalue weighted by atomic mass is 16.2. The molecule has 3 atom stereocenters. The summed E-state index contributed by atoms with van der Waals surface area (Å²) in [6.45, 7) is 3.91. The van der Waals surface area contributed by atoms with Crippen molar-refractivity contribution in [2.24, 2.45) is 11.8 Å². The summed E-state index contributed by atoms with van der Waals surface area (Å²) in [5.74, 6) is 0.381. The van der Waals surface area contributed by atoms with E-state index in [9.17, 15) is 9.59 Å². The molecule has 102 valence electrons. The van der Waals surface area contributed by atoms with Gasteiger partial charge in [-0.05, 0) is 25.3 Å². The van der Waals surface area contributed by atoms with Gasteiger partial charge in [-0.1, -0.05) is 37.3 Å². The van der Waals surface area contributed by atoms with Crippen LogP contribution in [-0.4, -0.2) is 11.7 Å². The predicted molar refractivity (Wildman–Crippen MR) is 74.5 cm³/mol. The lowest BCUT2D eigenvalue weighted by Gasteiger charge is -2.26. The lowest BCUT2D eigenvalue weighted by atomic mass is 9.81. The van der Waals surface area contributed by atoms with E-state index in [0.29, 0.717) is 25.0 Å². The van der Waals surface area contributed by atoms with Crippen LogP contribution in [0.15, 0.2) is 30.3 Å². The van der Waals surface area contributed by atoms with Crippen molar-refractivity contribution >= 4 is 11.7 Å². The van der Waals surface area contributed by atoms with Crippen LogP contribution in [0.3, 0.4) is 0 Å². The van der Waals surface area contributed by atoms with Crippen molar-refractivity contribution in [2.45, 2.75) is 39.2 Å². The van der Waals surface area contributed by atoms with E-state index < -0.39 is 0 Å². The normalized spacial score (nSPS) is 24.8. The number of Topliss-reactive ketones (excluding diaryl/α,β-unsaturated/α-hetero) is 1. The number of benzene rings is 1. The fourth-order valence-electron chi connectivity index (χ4n) is 2.63. The second-order valence-corrected chi connectivity index (χ2v) is 5.48. The summed E-state index contributed by atoms with van der Waals surface area (Å²) in [5, 5.41) is 3.05. The van der Waals surface area contributed by atoms with Crippen LogP contribution in [0.25, 0.3) is 0 Å². The van der Waals surface area contributed by atoms with Crippen LogP contribution >= 0.6 is 0 Å². The standard InChI is InChI=1S/C16H21NO2/c1-11-10-14(8-9-15(11)18)16(19)17-12(2)13-6-4-3-5-7-13/h3-7,11-12,14H,8-10H2,1-2H3,(H,17,19)/t11-,12-,14-/m1/s1. The molecule has 1 aliphatic carbocycles. The van der Waals surface area contributed by atoms with E-state index in [1.54, 1.807) is 0 Å². The molecule has 0 heterocycles. The van der Waals surface area contributed by atoms with Gasteiger partial charge in [-0.3, -0.25) is 9.59 Å². The fourth-order valence-corrected chi connectivity index (χ4v) is 2.63. The number of rotatable bonds is 3. The molecule has 3 nitrogen and oxygen atoms in total. The van der Waals surface area contributed by atoms with Gasteiger partial charge >= 0.3 is 0 Å². The summed E-state index contributed by atoms with van der Waals surface area (Å²) in [4.78, 5) is 23.7. The van der Waals surface area contributed by atoms with Gasteiger partial charge in [0.25, 0.3) is 0 Å². The van der Waals surface area contributed by atoms with E-state index in [1.807, 2.05) is 44.2 Å². The molecular formula is C16H21NO2. The molecule has 1 N–H and O–H groups in total. The average molecular weight is 259 g/mol. The van der Waals surface area contributed by atoms with Crippen molar-refractivity contribution in [3.8, 4) is 0 Å². The zero-order valence-corrected chi connectivity index (χ0v) is 11.6. The molecule has 1 aromatic carbocycles. The molecular weight excluding hydrogens is 238 g/mol. The SMILES string of the molecule is C[C@@H]1C[C@H](C(=O)N[C@H](C)c2ccccc2)CCC1=O. The first-order valence-electron chi connectivity index (χ1n) is 6.96. The molecule has 1 saturated carbocycles. The van der Waals surface area contributed by atoms with Gasteiger partial charge in [0.15, 0.2) is 0 Å². The third kappa shape index (κ3) is 3.43. The van der Waals surface area contributed by atoms with Gasteiger partial charge < -0.3 is 5.32 Å². The van der Waals surface area contributed by atoms with Crippen molar-refractivity contribution in [1.29, 1.82) is 0 Å². The second-order valence-electron chi connectivity index (χ2n) is 5.48. The second kappa shape index (κ2) is 6.00. The number of carbonyl (C=O) groups is 2. The van der Waals surface area contributed by atoms with Gasteiger partial charge in [-0.2, -0.15) is 0 Å². The highest BCUT2D eigenvalue weighted by Gasteiger charge is 2.30. The van der Waals surface area contributed by atoms with Gasteiger partial charge in [-0.25, -0.2) is 0 Å². The Balaban J connectivity index is 1.92. The summed E-state index contributed by atoms with van der Waals surface area (Å²) in [6.07, 6.45) is 1.92. The van der Waals surface area contributed by atoms with Crippen LogP contribution in [-0.2, 0) is 9.59 Å². The zero-order chi connectivity index (χ0) is 13.8. The molecule has 0 radical (unpaired) electrons. The predicted octanol–water partition coefficient (Wildman–Crippen LogP) is 2.87. The largest absolute Gasteiger partial charge is 0.349 e. The highest BCUT2D eigenvalue weighted by Crippen LogP contribution is 2.27. The monoisotopic (exact) mass is 259 g/mol. The third-order valence-corrected chi connectivity index (χ3v) is 3.96. The van der Waals surface area contributed by atoms with Crippen molar-refractivity contribution < 1.29 is 9.59 Å². The molecule has 0 saturated heterocycles. The Kier molecular flexibility index (Phi) is 4.35. The molecule has 1 amide bonds. The lowest BCUT2D eigenvalue weighted by Crippen LogP contribution is -2.37. The number of hydrogen-bond acceptors (Lipinski definition) is 2. The molecule has 0 aliphatic heterocycles. The Morgan fingerprint density at radius 1 is 1.32 bits per heavy atom. The highest BCUT2D eigenvalue weighted by molar-refractivity contribution is 5.86. The van der Waals surface area contributed by atoms with E-state index >= 15 is 0 Å². The molecule has 1 aromatic rings. The molecule has 0 bridgehead atoms. The van der Waals surface area contributed by atoms with Crippen molar-refractivity contribution in [3.63, 3.8) is 0 Å². The van der Waals surface area contributed by atoms with Gasteiger partial charge in [0.2, 0.25) is 5.91 Å². The number of carbonyl (C=O) groups excluding carboxylic acids is 2. The molecule has 2 rings (SSSR count). The van der Waals surface area contributed by atoms with E-state index in [4.69, 9.17) is 0 Å². The van der Waals surface area contributed by atoms with E-state index in [1.165, 1.54) is 0 Å². The molecule has 19 heavy (non-hydrogen) atoms. The fraction of sp³-hybridized carbons (Fsp3) is 0.500. The van der Waals surface area contributed by atoms with Crippen molar-refractivity contribution in [3.05, 3.63) is 35.9 Å². The molecule has 0 aromatic heterocycles. The van der Waals surface area contributed by atoms with Crippen LogP contribution in [0.2, 0.25) is 0 Å². The average Bonchev–Trinajstić information content (AvgIpc) is 2.42. The van der Waals surface area contributed by atoms with Crippen molar-refractivity contribution in [1.82, 2.24) is 5.32 Å². The van der Waals surface area contributed by atoms with Gasteiger partial charge in [0.05, 0.1) is 6.04 Å². The van der Waals surface area contributed by atoms with Crippen LogP contribution in [0, 0.1) is 11.8 Å². The maximum atomic E-state index is 12.2. The van der Waals surface area contributed by atoms with Gasteiger partial charge in [0.1, 0.15) is 5.78 Å². The summed E-state index contributed by atoms with van der Waals surface area (Å²) >= 11 is 0. The van der Waals surface area contributed by atoms with Gasteiger partial charge in [-0.15, -0.1) is 0 Å². The van der Waals surface area contributed by atoms with E-state index in [2.05, 4.69) is 5.32 Å². The summed E-state index contributed by atoms with van der Waals surface area (Å²) in [5.41, 5.74) is 1.11. The molecule has 0 unspecified atom stereocenters. The van der Waals surface area contributed by atoms with E-state index in [0.717, 1.165) is 5.56 Å². The summed E-state index contributed by atoms with van der Waals surface area (Å²) in [6, 6.07) is 9.95. The maximum absolute atomic E-state index is 12.2. The molecule has 1 aliphatic rings. The first kappa shape index (κ1) is 13.8. The summed E-state index contributed by atoms with van der Waals surface area (Å²) < 4.78 is 0. The number of amides is 1. The zero-order valence-electron chi connectivity index (χ0n) is 11.6. The first-order chi connectivity index (χ1) is 9.08. The minimum absolute atomic E-state index is 0.0149. The Hall–Kier alpha value is -1.64. The molecule has 1 fully saturated rings. The quantitative estimate of drug-likeness (QED) is 0.907. The van der Waals surface area contributed by atoms with Crippen LogP contribution in [0.5, 0.6) is 0 Å². The maximum Gasteiger partial charge on any atom is 0.223 e.